The van der Waals surface area contributed by atoms with Crippen molar-refractivity contribution in [3.63, 3.8) is 0 Å². The third-order valence-corrected chi connectivity index (χ3v) is 4.82. The first-order valence-electron chi connectivity index (χ1n) is 7.89. The molecule has 0 radical (unpaired) electrons. The van der Waals surface area contributed by atoms with E-state index in [4.69, 9.17) is 4.74 Å². The lowest BCUT2D eigenvalue weighted by Gasteiger charge is -2.13. The number of para-hydroxylation sites is 1. The van der Waals surface area contributed by atoms with Gasteiger partial charge in [-0.1, -0.05) is 54.2 Å². The zero-order chi connectivity index (χ0) is 17.8. The summed E-state index contributed by atoms with van der Waals surface area (Å²) in [5.41, 5.74) is 4.24. The molecule has 0 saturated carbocycles. The number of hydrogen-bond acceptors (Lipinski definition) is 5. The molecule has 0 saturated heterocycles. The second-order valence-corrected chi connectivity index (χ2v) is 6.55. The van der Waals surface area contributed by atoms with Crippen LogP contribution in [0.3, 0.4) is 0 Å². The van der Waals surface area contributed by atoms with Gasteiger partial charge in [-0.2, -0.15) is 0 Å². The van der Waals surface area contributed by atoms with Crippen molar-refractivity contribution in [3.8, 4) is 17.1 Å². The molecule has 0 amide bonds. The molecule has 0 aliphatic carbocycles. The van der Waals surface area contributed by atoms with Gasteiger partial charge >= 0.3 is 5.97 Å². The van der Waals surface area contributed by atoms with Crippen molar-refractivity contribution in [2.75, 3.05) is 12.9 Å². The highest BCUT2D eigenvalue weighted by atomic mass is 32.2. The van der Waals surface area contributed by atoms with Crippen molar-refractivity contribution in [2.45, 2.75) is 19.0 Å². The van der Waals surface area contributed by atoms with Crippen LogP contribution >= 0.6 is 11.8 Å². The number of hydrogen-bond donors (Lipinski definition) is 0. The highest BCUT2D eigenvalue weighted by Crippen LogP contribution is 2.30. The van der Waals surface area contributed by atoms with Crippen LogP contribution in [-0.2, 0) is 9.53 Å². The molecule has 5 nitrogen and oxygen atoms in total. The van der Waals surface area contributed by atoms with Gasteiger partial charge in [0.1, 0.15) is 0 Å². The summed E-state index contributed by atoms with van der Waals surface area (Å²) >= 11 is 1.32. The molecule has 0 atom stereocenters. The Kier molecular flexibility index (Phi) is 5.19. The SMILES string of the molecule is COC(=O)CSc1nnc(-c2ccccc2C)n1-c1ccccc1C. The highest BCUT2D eigenvalue weighted by Gasteiger charge is 2.19. The van der Waals surface area contributed by atoms with Crippen LogP contribution in [-0.4, -0.2) is 33.6 Å². The minimum atomic E-state index is -0.290. The lowest BCUT2D eigenvalue weighted by molar-refractivity contribution is -0.137. The van der Waals surface area contributed by atoms with E-state index in [1.165, 1.54) is 18.9 Å². The third-order valence-electron chi connectivity index (χ3n) is 3.92. The van der Waals surface area contributed by atoms with Gasteiger partial charge in [-0.3, -0.25) is 9.36 Å². The average Bonchev–Trinajstić information content (AvgIpc) is 3.04. The fourth-order valence-corrected chi connectivity index (χ4v) is 3.35. The van der Waals surface area contributed by atoms with Crippen LogP contribution in [0.5, 0.6) is 0 Å². The average molecular weight is 353 g/mol. The quantitative estimate of drug-likeness (QED) is 0.516. The van der Waals surface area contributed by atoms with Crippen LogP contribution in [0, 0.1) is 13.8 Å². The summed E-state index contributed by atoms with van der Waals surface area (Å²) in [5.74, 6) is 0.662. The molecular weight excluding hydrogens is 334 g/mol. The van der Waals surface area contributed by atoms with Crippen LogP contribution in [0.1, 0.15) is 11.1 Å². The molecule has 0 fully saturated rings. The standard InChI is InChI=1S/C19H19N3O2S/c1-13-8-4-6-10-15(13)18-20-21-19(25-12-17(23)24-3)22(18)16-11-7-5-9-14(16)2/h4-11H,12H2,1-3H3. The summed E-state index contributed by atoms with van der Waals surface area (Å²) < 4.78 is 6.74. The van der Waals surface area contributed by atoms with Gasteiger partial charge in [0.2, 0.25) is 0 Å². The van der Waals surface area contributed by atoms with Gasteiger partial charge in [0.05, 0.1) is 18.6 Å². The Morgan fingerprint density at radius 1 is 1.04 bits per heavy atom. The van der Waals surface area contributed by atoms with Gasteiger partial charge < -0.3 is 4.74 Å². The largest absolute Gasteiger partial charge is 0.468 e. The molecule has 0 aliphatic heterocycles. The number of carbonyl (C=O) groups is 1. The second-order valence-electron chi connectivity index (χ2n) is 5.61. The van der Waals surface area contributed by atoms with E-state index in [-0.39, 0.29) is 11.7 Å². The molecule has 128 valence electrons. The first kappa shape index (κ1) is 17.2. The Balaban J connectivity index is 2.14. The van der Waals surface area contributed by atoms with E-state index in [1.807, 2.05) is 66.9 Å². The van der Waals surface area contributed by atoms with Gasteiger partial charge in [-0.05, 0) is 31.0 Å². The van der Waals surface area contributed by atoms with Gasteiger partial charge in [0.25, 0.3) is 0 Å². The molecule has 0 bridgehead atoms. The molecule has 3 aromatic rings. The minimum Gasteiger partial charge on any atom is -0.468 e. The Morgan fingerprint density at radius 2 is 1.72 bits per heavy atom. The number of benzene rings is 2. The lowest BCUT2D eigenvalue weighted by Crippen LogP contribution is -2.06. The van der Waals surface area contributed by atoms with E-state index in [9.17, 15) is 4.79 Å². The van der Waals surface area contributed by atoms with Crippen LogP contribution in [0.2, 0.25) is 0 Å². The van der Waals surface area contributed by atoms with E-state index in [2.05, 4.69) is 10.2 Å². The topological polar surface area (TPSA) is 57.0 Å². The maximum absolute atomic E-state index is 11.5. The molecule has 25 heavy (non-hydrogen) atoms. The number of nitrogens with zero attached hydrogens (tertiary/aromatic N) is 3. The normalized spacial score (nSPS) is 10.7. The number of esters is 1. The molecule has 0 N–H and O–H groups in total. The summed E-state index contributed by atoms with van der Waals surface area (Å²) in [7, 11) is 1.38. The number of thioether (sulfide) groups is 1. The van der Waals surface area contributed by atoms with Crippen molar-refractivity contribution >= 4 is 17.7 Å². The van der Waals surface area contributed by atoms with E-state index in [0.29, 0.717) is 5.16 Å². The maximum atomic E-state index is 11.5. The lowest BCUT2D eigenvalue weighted by atomic mass is 10.1. The van der Waals surface area contributed by atoms with Gasteiger partial charge in [0.15, 0.2) is 11.0 Å². The van der Waals surface area contributed by atoms with Crippen LogP contribution in [0.15, 0.2) is 53.7 Å². The summed E-state index contributed by atoms with van der Waals surface area (Å²) in [6.45, 7) is 4.10. The van der Waals surface area contributed by atoms with Crippen molar-refractivity contribution < 1.29 is 9.53 Å². The number of aromatic nitrogens is 3. The van der Waals surface area contributed by atoms with E-state index < -0.39 is 0 Å². The van der Waals surface area contributed by atoms with Crippen molar-refractivity contribution in [1.82, 2.24) is 14.8 Å². The number of aryl methyl sites for hydroxylation is 2. The fourth-order valence-electron chi connectivity index (χ4n) is 2.58. The minimum absolute atomic E-state index is 0.189. The Hall–Kier alpha value is -2.60. The van der Waals surface area contributed by atoms with E-state index in [0.717, 1.165) is 28.2 Å². The fraction of sp³-hybridized carbons (Fsp3) is 0.211. The Bertz CT molecular complexity index is 905. The molecule has 0 unspecified atom stereocenters. The predicted octanol–water partition coefficient (Wildman–Crippen LogP) is 3.82. The first-order valence-corrected chi connectivity index (χ1v) is 8.87. The number of carbonyl (C=O) groups excluding carboxylic acids is 1. The molecule has 0 spiro atoms. The summed E-state index contributed by atoms with van der Waals surface area (Å²) in [6, 6.07) is 16.1. The Labute approximate surface area is 151 Å². The number of methoxy groups -OCH3 is 1. The molecule has 2 aromatic carbocycles. The summed E-state index contributed by atoms with van der Waals surface area (Å²) in [5, 5.41) is 9.40. The zero-order valence-corrected chi connectivity index (χ0v) is 15.2. The van der Waals surface area contributed by atoms with E-state index >= 15 is 0 Å². The van der Waals surface area contributed by atoms with Crippen LogP contribution in [0.25, 0.3) is 17.1 Å². The molecule has 1 aromatic heterocycles. The molecule has 6 heteroatoms. The molecule has 0 aliphatic rings. The van der Waals surface area contributed by atoms with Crippen LogP contribution in [0.4, 0.5) is 0 Å². The number of rotatable bonds is 5. The molecule has 3 rings (SSSR count). The summed E-state index contributed by atoms with van der Waals surface area (Å²) in [4.78, 5) is 11.5. The number of ether oxygens (including phenoxy) is 1. The molecular formula is C19H19N3O2S. The highest BCUT2D eigenvalue weighted by molar-refractivity contribution is 7.99. The Morgan fingerprint density at radius 3 is 2.40 bits per heavy atom. The van der Waals surface area contributed by atoms with Crippen molar-refractivity contribution in [3.05, 3.63) is 59.7 Å². The van der Waals surface area contributed by atoms with Crippen LogP contribution < -0.4 is 0 Å². The predicted molar refractivity (Wildman–Crippen MR) is 99.0 cm³/mol. The first-order chi connectivity index (χ1) is 12.1. The summed E-state index contributed by atoms with van der Waals surface area (Å²) in [6.07, 6.45) is 0. The third kappa shape index (κ3) is 3.58. The van der Waals surface area contributed by atoms with E-state index in [1.54, 1.807) is 0 Å². The van der Waals surface area contributed by atoms with Crippen molar-refractivity contribution in [2.24, 2.45) is 0 Å². The second kappa shape index (κ2) is 7.53. The van der Waals surface area contributed by atoms with Gasteiger partial charge in [-0.15, -0.1) is 10.2 Å². The maximum Gasteiger partial charge on any atom is 0.316 e. The molecule has 1 heterocycles. The smallest absolute Gasteiger partial charge is 0.316 e. The van der Waals surface area contributed by atoms with Crippen molar-refractivity contribution in [1.29, 1.82) is 0 Å². The van der Waals surface area contributed by atoms with Gasteiger partial charge in [-0.25, -0.2) is 0 Å². The van der Waals surface area contributed by atoms with Gasteiger partial charge in [0, 0.05) is 5.56 Å². The zero-order valence-electron chi connectivity index (χ0n) is 14.4. The monoisotopic (exact) mass is 353 g/mol.